The predicted octanol–water partition coefficient (Wildman–Crippen LogP) is 2.81. The molecule has 17 heavy (non-hydrogen) atoms. The van der Waals surface area contributed by atoms with Gasteiger partial charge in [-0.1, -0.05) is 13.8 Å². The number of hydrogen-bond acceptors (Lipinski definition) is 2. The summed E-state index contributed by atoms with van der Waals surface area (Å²) in [7, 11) is 1.91. The van der Waals surface area contributed by atoms with Gasteiger partial charge >= 0.3 is 0 Å². The van der Waals surface area contributed by atoms with Gasteiger partial charge in [-0.15, -0.1) is 0 Å². The quantitative estimate of drug-likeness (QED) is 0.820. The number of rotatable bonds is 6. The van der Waals surface area contributed by atoms with E-state index < -0.39 is 0 Å². The van der Waals surface area contributed by atoms with Crippen molar-refractivity contribution >= 4 is 0 Å². The molecule has 1 atom stereocenters. The lowest BCUT2D eigenvalue weighted by Gasteiger charge is -2.14. The Kier molecular flexibility index (Phi) is 5.24. The van der Waals surface area contributed by atoms with E-state index in [0.717, 1.165) is 18.2 Å². The Hall–Kier alpha value is -1.27. The Labute approximate surface area is 104 Å². The van der Waals surface area contributed by atoms with Crippen LogP contribution in [-0.2, 0) is 13.6 Å². The van der Waals surface area contributed by atoms with Crippen LogP contribution in [0.3, 0.4) is 0 Å². The molecule has 0 fully saturated rings. The minimum Gasteiger partial charge on any atom is -0.342 e. The van der Waals surface area contributed by atoms with Crippen LogP contribution in [0.1, 0.15) is 44.9 Å². The molecule has 1 heterocycles. The SMILES string of the molecule is CC(C)CCC(C)NCc1cc(C#N)n(C)c1. The molecule has 1 aromatic heterocycles. The first-order chi connectivity index (χ1) is 8.02. The molecule has 1 aromatic rings. The summed E-state index contributed by atoms with van der Waals surface area (Å²) in [6.45, 7) is 7.57. The zero-order valence-electron chi connectivity index (χ0n) is 11.3. The third-order valence-electron chi connectivity index (χ3n) is 3.01. The van der Waals surface area contributed by atoms with Crippen LogP contribution in [0.4, 0.5) is 0 Å². The maximum absolute atomic E-state index is 8.86. The lowest BCUT2D eigenvalue weighted by Crippen LogP contribution is -2.25. The van der Waals surface area contributed by atoms with E-state index in [1.165, 1.54) is 18.4 Å². The van der Waals surface area contributed by atoms with E-state index in [0.29, 0.717) is 6.04 Å². The molecule has 0 bridgehead atoms. The summed E-state index contributed by atoms with van der Waals surface area (Å²) in [4.78, 5) is 0. The summed E-state index contributed by atoms with van der Waals surface area (Å²) >= 11 is 0. The monoisotopic (exact) mass is 233 g/mol. The molecule has 3 heteroatoms. The molecule has 1 N–H and O–H groups in total. The smallest absolute Gasteiger partial charge is 0.120 e. The lowest BCUT2D eigenvalue weighted by atomic mass is 10.0. The zero-order chi connectivity index (χ0) is 12.8. The second-order valence-corrected chi connectivity index (χ2v) is 5.21. The van der Waals surface area contributed by atoms with Gasteiger partial charge in [0.1, 0.15) is 11.8 Å². The van der Waals surface area contributed by atoms with Crippen LogP contribution in [0.5, 0.6) is 0 Å². The summed E-state index contributed by atoms with van der Waals surface area (Å²) in [6, 6.07) is 4.66. The average Bonchev–Trinajstić information content (AvgIpc) is 2.64. The third-order valence-corrected chi connectivity index (χ3v) is 3.01. The maximum Gasteiger partial charge on any atom is 0.120 e. The Bertz CT molecular complexity index is 385. The summed E-state index contributed by atoms with van der Waals surface area (Å²) in [6.07, 6.45) is 4.47. The lowest BCUT2D eigenvalue weighted by molar-refractivity contribution is 0.450. The normalized spacial score (nSPS) is 12.7. The van der Waals surface area contributed by atoms with E-state index in [9.17, 15) is 0 Å². The molecular weight excluding hydrogens is 210 g/mol. The van der Waals surface area contributed by atoms with Crippen molar-refractivity contribution in [3.8, 4) is 6.07 Å². The van der Waals surface area contributed by atoms with Crippen molar-refractivity contribution in [1.82, 2.24) is 9.88 Å². The first-order valence-corrected chi connectivity index (χ1v) is 6.31. The fourth-order valence-electron chi connectivity index (χ4n) is 1.82. The molecule has 1 rings (SSSR count). The highest BCUT2D eigenvalue weighted by Crippen LogP contribution is 2.09. The van der Waals surface area contributed by atoms with E-state index in [1.54, 1.807) is 0 Å². The molecule has 0 aliphatic carbocycles. The van der Waals surface area contributed by atoms with E-state index in [1.807, 2.05) is 23.9 Å². The van der Waals surface area contributed by atoms with Crippen LogP contribution in [0.2, 0.25) is 0 Å². The molecule has 0 radical (unpaired) electrons. The molecule has 0 amide bonds. The summed E-state index contributed by atoms with van der Waals surface area (Å²) in [5.74, 6) is 0.765. The molecule has 94 valence electrons. The van der Waals surface area contributed by atoms with Gasteiger partial charge < -0.3 is 9.88 Å². The van der Waals surface area contributed by atoms with Gasteiger partial charge in [-0.3, -0.25) is 0 Å². The first-order valence-electron chi connectivity index (χ1n) is 6.31. The highest BCUT2D eigenvalue weighted by molar-refractivity contribution is 5.28. The van der Waals surface area contributed by atoms with Crippen LogP contribution >= 0.6 is 0 Å². The number of aromatic nitrogens is 1. The van der Waals surface area contributed by atoms with Gasteiger partial charge in [0.05, 0.1) is 0 Å². The van der Waals surface area contributed by atoms with Crippen molar-refractivity contribution in [2.75, 3.05) is 0 Å². The van der Waals surface area contributed by atoms with E-state index >= 15 is 0 Å². The predicted molar refractivity (Wildman–Crippen MR) is 70.5 cm³/mol. The number of nitrogens with one attached hydrogen (secondary N) is 1. The number of nitrogens with zero attached hydrogens (tertiary/aromatic N) is 2. The summed E-state index contributed by atoms with van der Waals surface area (Å²) in [5.41, 5.74) is 1.90. The Morgan fingerprint density at radius 2 is 2.06 bits per heavy atom. The number of aryl methyl sites for hydroxylation is 1. The number of nitriles is 1. The molecule has 0 aliphatic heterocycles. The highest BCUT2D eigenvalue weighted by Gasteiger charge is 2.05. The first kappa shape index (κ1) is 13.8. The van der Waals surface area contributed by atoms with E-state index in [4.69, 9.17) is 5.26 Å². The van der Waals surface area contributed by atoms with Crippen molar-refractivity contribution in [2.24, 2.45) is 13.0 Å². The standard InChI is InChI=1S/C14H23N3/c1-11(2)5-6-12(3)16-9-13-7-14(8-15)17(4)10-13/h7,10-12,16H,5-6,9H2,1-4H3. The van der Waals surface area contributed by atoms with Crippen molar-refractivity contribution < 1.29 is 0 Å². The van der Waals surface area contributed by atoms with Gasteiger partial charge in [0, 0.05) is 25.8 Å². The minimum absolute atomic E-state index is 0.531. The molecule has 0 saturated carbocycles. The molecule has 0 spiro atoms. The largest absolute Gasteiger partial charge is 0.342 e. The fraction of sp³-hybridized carbons (Fsp3) is 0.643. The van der Waals surface area contributed by atoms with Gasteiger partial charge in [0.2, 0.25) is 0 Å². The molecule has 0 aliphatic rings. The average molecular weight is 233 g/mol. The van der Waals surface area contributed by atoms with Gasteiger partial charge in [0.15, 0.2) is 0 Å². The van der Waals surface area contributed by atoms with E-state index in [-0.39, 0.29) is 0 Å². The highest BCUT2D eigenvalue weighted by atomic mass is 14.9. The van der Waals surface area contributed by atoms with Crippen LogP contribution < -0.4 is 5.32 Å². The fourth-order valence-corrected chi connectivity index (χ4v) is 1.82. The summed E-state index contributed by atoms with van der Waals surface area (Å²) < 4.78 is 1.87. The molecular formula is C14H23N3. The summed E-state index contributed by atoms with van der Waals surface area (Å²) in [5, 5.41) is 12.4. The van der Waals surface area contributed by atoms with E-state index in [2.05, 4.69) is 32.2 Å². The van der Waals surface area contributed by atoms with Crippen molar-refractivity contribution in [3.05, 3.63) is 23.5 Å². The minimum atomic E-state index is 0.531. The Morgan fingerprint density at radius 1 is 1.35 bits per heavy atom. The Morgan fingerprint density at radius 3 is 2.59 bits per heavy atom. The Balaban J connectivity index is 2.37. The zero-order valence-corrected chi connectivity index (χ0v) is 11.3. The van der Waals surface area contributed by atoms with Crippen molar-refractivity contribution in [1.29, 1.82) is 5.26 Å². The molecule has 0 aromatic carbocycles. The molecule has 0 saturated heterocycles. The third kappa shape index (κ3) is 4.62. The second-order valence-electron chi connectivity index (χ2n) is 5.21. The van der Waals surface area contributed by atoms with Gasteiger partial charge in [-0.05, 0) is 37.3 Å². The van der Waals surface area contributed by atoms with Gasteiger partial charge in [-0.2, -0.15) is 5.26 Å². The van der Waals surface area contributed by atoms with Crippen molar-refractivity contribution in [2.45, 2.75) is 46.2 Å². The molecule has 3 nitrogen and oxygen atoms in total. The van der Waals surface area contributed by atoms with Gasteiger partial charge in [-0.25, -0.2) is 0 Å². The number of hydrogen-bond donors (Lipinski definition) is 1. The van der Waals surface area contributed by atoms with Gasteiger partial charge in [0.25, 0.3) is 0 Å². The van der Waals surface area contributed by atoms with Crippen molar-refractivity contribution in [3.63, 3.8) is 0 Å². The van der Waals surface area contributed by atoms with Crippen LogP contribution in [0, 0.1) is 17.2 Å². The van der Waals surface area contributed by atoms with Crippen LogP contribution in [-0.4, -0.2) is 10.6 Å². The second kappa shape index (κ2) is 6.46. The van der Waals surface area contributed by atoms with Crippen LogP contribution in [0.15, 0.2) is 12.3 Å². The topological polar surface area (TPSA) is 40.8 Å². The maximum atomic E-state index is 8.86. The molecule has 1 unspecified atom stereocenters. The van der Waals surface area contributed by atoms with Crippen LogP contribution in [0.25, 0.3) is 0 Å².